The van der Waals surface area contributed by atoms with E-state index in [-0.39, 0.29) is 0 Å². The lowest BCUT2D eigenvalue weighted by molar-refractivity contribution is -0.182. The van der Waals surface area contributed by atoms with Crippen molar-refractivity contribution in [3.8, 4) is 0 Å². The van der Waals surface area contributed by atoms with Gasteiger partial charge < -0.3 is 10.5 Å². The first-order valence-electron chi connectivity index (χ1n) is 4.26. The molecule has 0 aromatic heterocycles. The third kappa shape index (κ3) is 4.98. The third-order valence-electron chi connectivity index (χ3n) is 1.98. The molecule has 0 fully saturated rings. The molecule has 0 saturated carbocycles. The fourth-order valence-electron chi connectivity index (χ4n) is 0.798. The van der Waals surface area contributed by atoms with Gasteiger partial charge >= 0.3 is 6.18 Å². The molecule has 3 N–H and O–H groups in total. The van der Waals surface area contributed by atoms with Crippen molar-refractivity contribution in [1.82, 2.24) is 5.32 Å². The maximum Gasteiger partial charge on any atom is 0.401 e. The Balaban J connectivity index is 4.40. The van der Waals surface area contributed by atoms with E-state index in [2.05, 4.69) is 11.1 Å². The van der Waals surface area contributed by atoms with E-state index < -0.39 is 30.3 Å². The monoisotopic (exact) mass is 228 g/mol. The number of nitrogens with two attached hydrogens (primary N) is 1. The molecule has 1 amide bonds. The van der Waals surface area contributed by atoms with E-state index in [4.69, 9.17) is 4.74 Å². The largest absolute Gasteiger partial charge is 0.401 e. The zero-order chi connectivity index (χ0) is 12.3. The highest BCUT2D eigenvalue weighted by Gasteiger charge is 2.44. The highest BCUT2D eigenvalue weighted by molar-refractivity contribution is 5.77. The summed E-state index contributed by atoms with van der Waals surface area (Å²) in [6.07, 6.45) is -4.64. The lowest BCUT2D eigenvalue weighted by Gasteiger charge is -2.27. The SMILES string of the molecule is COC(C)(C)NC[C@@H](C(N)=O)C(F)(F)F. The topological polar surface area (TPSA) is 64.3 Å². The summed E-state index contributed by atoms with van der Waals surface area (Å²) in [5, 5.41) is 2.45. The molecule has 0 aliphatic rings. The Morgan fingerprint density at radius 1 is 1.47 bits per heavy atom. The van der Waals surface area contributed by atoms with Gasteiger partial charge in [0.1, 0.15) is 11.6 Å². The number of carbonyl (C=O) groups excluding carboxylic acids is 1. The van der Waals surface area contributed by atoms with Gasteiger partial charge in [0.05, 0.1) is 0 Å². The molecule has 0 radical (unpaired) electrons. The lowest BCUT2D eigenvalue weighted by atomic mass is 10.1. The molecule has 90 valence electrons. The zero-order valence-electron chi connectivity index (χ0n) is 8.81. The Morgan fingerprint density at radius 2 is 1.93 bits per heavy atom. The van der Waals surface area contributed by atoms with Gasteiger partial charge in [-0.05, 0) is 13.8 Å². The molecule has 0 aromatic carbocycles. The Kier molecular flexibility index (Phi) is 4.54. The van der Waals surface area contributed by atoms with Crippen molar-refractivity contribution in [1.29, 1.82) is 0 Å². The van der Waals surface area contributed by atoms with Crippen molar-refractivity contribution >= 4 is 5.91 Å². The second-order valence-electron chi connectivity index (χ2n) is 3.59. The molecule has 7 heteroatoms. The maximum absolute atomic E-state index is 12.3. The quantitative estimate of drug-likeness (QED) is 0.678. The van der Waals surface area contributed by atoms with Crippen LogP contribution < -0.4 is 11.1 Å². The molecular weight excluding hydrogens is 213 g/mol. The molecule has 0 aliphatic carbocycles. The fourth-order valence-corrected chi connectivity index (χ4v) is 0.798. The summed E-state index contributed by atoms with van der Waals surface area (Å²) in [6.45, 7) is 2.49. The number of rotatable bonds is 5. The molecule has 1 atom stereocenters. The van der Waals surface area contributed by atoms with Gasteiger partial charge in [-0.25, -0.2) is 0 Å². The zero-order valence-corrected chi connectivity index (χ0v) is 8.81. The first-order chi connectivity index (χ1) is 6.60. The van der Waals surface area contributed by atoms with Gasteiger partial charge in [0.2, 0.25) is 5.91 Å². The first kappa shape index (κ1) is 14.2. The minimum Gasteiger partial charge on any atom is -0.369 e. The Morgan fingerprint density at radius 3 is 2.20 bits per heavy atom. The Labute approximate surface area is 86.0 Å². The average molecular weight is 228 g/mol. The number of hydrogen-bond acceptors (Lipinski definition) is 3. The van der Waals surface area contributed by atoms with Crippen molar-refractivity contribution in [2.24, 2.45) is 11.7 Å². The predicted molar refractivity (Wildman–Crippen MR) is 47.8 cm³/mol. The second kappa shape index (κ2) is 4.80. The van der Waals surface area contributed by atoms with E-state index in [1.54, 1.807) is 13.8 Å². The number of alkyl halides is 3. The van der Waals surface area contributed by atoms with Crippen LogP contribution in [0, 0.1) is 5.92 Å². The highest BCUT2D eigenvalue weighted by atomic mass is 19.4. The van der Waals surface area contributed by atoms with Gasteiger partial charge in [-0.2, -0.15) is 13.2 Å². The number of nitrogens with one attached hydrogen (secondary N) is 1. The standard InChI is InChI=1S/C8H15F3N2O2/c1-7(2,15-3)13-4-5(6(12)14)8(9,10)11/h5,13H,4H2,1-3H3,(H2,12,14)/t5-/m0/s1. The lowest BCUT2D eigenvalue weighted by Crippen LogP contribution is -2.49. The molecule has 0 rings (SSSR count). The number of amides is 1. The summed E-state index contributed by atoms with van der Waals surface area (Å²) in [4.78, 5) is 10.6. The molecule has 0 saturated heterocycles. The Bertz CT molecular complexity index is 228. The van der Waals surface area contributed by atoms with E-state index in [0.717, 1.165) is 0 Å². The Hall–Kier alpha value is -0.820. The first-order valence-corrected chi connectivity index (χ1v) is 4.26. The van der Waals surface area contributed by atoms with Crippen LogP contribution in [0.25, 0.3) is 0 Å². The number of methoxy groups -OCH3 is 1. The minimum absolute atomic E-state index is 0.598. The molecular formula is C8H15F3N2O2. The third-order valence-corrected chi connectivity index (χ3v) is 1.98. The number of ether oxygens (including phenoxy) is 1. The summed E-state index contributed by atoms with van der Waals surface area (Å²) in [6, 6.07) is 0. The van der Waals surface area contributed by atoms with Crippen molar-refractivity contribution in [2.75, 3.05) is 13.7 Å². The van der Waals surface area contributed by atoms with Gasteiger partial charge in [0.15, 0.2) is 0 Å². The van der Waals surface area contributed by atoms with E-state index in [1.807, 2.05) is 0 Å². The maximum atomic E-state index is 12.3. The van der Waals surface area contributed by atoms with Gasteiger partial charge in [-0.15, -0.1) is 0 Å². The molecule has 4 nitrogen and oxygen atoms in total. The van der Waals surface area contributed by atoms with Crippen molar-refractivity contribution < 1.29 is 22.7 Å². The number of hydrogen-bond donors (Lipinski definition) is 2. The molecule has 0 aromatic rings. The van der Waals surface area contributed by atoms with Crippen molar-refractivity contribution in [3.05, 3.63) is 0 Å². The number of carbonyl (C=O) groups is 1. The summed E-state index contributed by atoms with van der Waals surface area (Å²) >= 11 is 0. The fraction of sp³-hybridized carbons (Fsp3) is 0.875. The molecule has 0 bridgehead atoms. The molecule has 0 aliphatic heterocycles. The smallest absolute Gasteiger partial charge is 0.369 e. The van der Waals surface area contributed by atoms with E-state index in [9.17, 15) is 18.0 Å². The van der Waals surface area contributed by atoms with Gasteiger partial charge in [-0.1, -0.05) is 0 Å². The predicted octanol–water partition coefficient (Wildman–Crippen LogP) is 0.622. The van der Waals surface area contributed by atoms with Crippen molar-refractivity contribution in [2.45, 2.75) is 25.7 Å². The van der Waals surface area contributed by atoms with Crippen LogP contribution in [0.5, 0.6) is 0 Å². The highest BCUT2D eigenvalue weighted by Crippen LogP contribution is 2.25. The minimum atomic E-state index is -4.64. The van der Waals surface area contributed by atoms with Crippen molar-refractivity contribution in [3.63, 3.8) is 0 Å². The van der Waals surface area contributed by atoms with Gasteiger partial charge in [0, 0.05) is 13.7 Å². The summed E-state index contributed by atoms with van der Waals surface area (Å²) in [5.41, 5.74) is 3.72. The molecule has 15 heavy (non-hydrogen) atoms. The second-order valence-corrected chi connectivity index (χ2v) is 3.59. The van der Waals surface area contributed by atoms with Gasteiger partial charge in [-0.3, -0.25) is 10.1 Å². The summed E-state index contributed by atoms with van der Waals surface area (Å²) in [5.74, 6) is -3.60. The van der Waals surface area contributed by atoms with E-state index >= 15 is 0 Å². The van der Waals surface area contributed by atoms with Crippen LogP contribution in [-0.4, -0.2) is 31.5 Å². The normalized spacial score (nSPS) is 15.1. The van der Waals surface area contributed by atoms with Crippen LogP contribution in [0.2, 0.25) is 0 Å². The number of halogens is 3. The summed E-state index contributed by atoms with van der Waals surface area (Å²) in [7, 11) is 1.35. The molecule has 0 spiro atoms. The van der Waals surface area contributed by atoms with E-state index in [0.29, 0.717) is 0 Å². The average Bonchev–Trinajstić information content (AvgIpc) is 2.01. The van der Waals surface area contributed by atoms with Crippen LogP contribution in [0.3, 0.4) is 0 Å². The van der Waals surface area contributed by atoms with Crippen LogP contribution in [0.1, 0.15) is 13.8 Å². The number of primary amides is 1. The van der Waals surface area contributed by atoms with Crippen LogP contribution in [0.4, 0.5) is 13.2 Å². The summed E-state index contributed by atoms with van der Waals surface area (Å²) < 4.78 is 41.7. The van der Waals surface area contributed by atoms with Crippen LogP contribution in [-0.2, 0) is 9.53 Å². The van der Waals surface area contributed by atoms with Crippen LogP contribution >= 0.6 is 0 Å². The molecule has 0 heterocycles. The van der Waals surface area contributed by atoms with Crippen LogP contribution in [0.15, 0.2) is 0 Å². The van der Waals surface area contributed by atoms with Gasteiger partial charge in [0.25, 0.3) is 0 Å². The van der Waals surface area contributed by atoms with E-state index in [1.165, 1.54) is 7.11 Å². The molecule has 0 unspecified atom stereocenters.